The molecule has 4 aromatic heterocycles. The first kappa shape index (κ1) is 18.8. The molecule has 4 rings (SSSR count). The number of hydrogen-bond acceptors (Lipinski definition) is 7. The predicted octanol–water partition coefficient (Wildman–Crippen LogP) is 3.06. The lowest BCUT2D eigenvalue weighted by molar-refractivity contribution is 0.400. The number of rotatable bonds is 5. The van der Waals surface area contributed by atoms with Gasteiger partial charge in [-0.05, 0) is 25.1 Å². The fraction of sp³-hybridized carbons (Fsp3) is 0.167. The quantitative estimate of drug-likeness (QED) is 0.515. The summed E-state index contributed by atoms with van der Waals surface area (Å²) in [6.45, 7) is 1.77. The fourth-order valence-electron chi connectivity index (χ4n) is 2.90. The summed E-state index contributed by atoms with van der Waals surface area (Å²) < 4.78 is 19.8. The van der Waals surface area contributed by atoms with Crippen LogP contribution in [0.3, 0.4) is 0 Å². The van der Waals surface area contributed by atoms with Crippen molar-refractivity contribution < 1.29 is 9.13 Å². The zero-order valence-electron chi connectivity index (χ0n) is 15.3. The first-order chi connectivity index (χ1) is 14.0. The molecule has 0 amide bonds. The van der Waals surface area contributed by atoms with Crippen molar-refractivity contribution in [1.29, 1.82) is 0 Å². The van der Waals surface area contributed by atoms with E-state index >= 15 is 0 Å². The number of hydrogen-bond donors (Lipinski definition) is 2. The highest BCUT2D eigenvalue weighted by Gasteiger charge is 2.18. The lowest BCUT2D eigenvalue weighted by Gasteiger charge is -2.13. The van der Waals surface area contributed by atoms with Gasteiger partial charge in [0.2, 0.25) is 11.8 Å². The Morgan fingerprint density at radius 2 is 2.07 bits per heavy atom. The Labute approximate surface area is 168 Å². The average Bonchev–Trinajstić information content (AvgIpc) is 3.03. The Hall–Kier alpha value is -3.53. The summed E-state index contributed by atoms with van der Waals surface area (Å²) in [7, 11) is 1.48. The summed E-state index contributed by atoms with van der Waals surface area (Å²) in [6.07, 6.45) is 4.04. The van der Waals surface area contributed by atoms with Gasteiger partial charge < -0.3 is 15.0 Å². The van der Waals surface area contributed by atoms with E-state index in [0.717, 1.165) is 6.20 Å². The van der Waals surface area contributed by atoms with E-state index in [4.69, 9.17) is 16.3 Å². The molecule has 4 heterocycles. The van der Waals surface area contributed by atoms with Gasteiger partial charge in [-0.2, -0.15) is 4.98 Å². The van der Waals surface area contributed by atoms with E-state index in [9.17, 15) is 9.18 Å². The average molecular weight is 416 g/mol. The lowest BCUT2D eigenvalue weighted by atomic mass is 10.2. The van der Waals surface area contributed by atoms with Gasteiger partial charge >= 0.3 is 5.69 Å². The highest BCUT2D eigenvalue weighted by molar-refractivity contribution is 6.30. The van der Waals surface area contributed by atoms with Crippen LogP contribution >= 0.6 is 11.6 Å². The molecule has 148 valence electrons. The molecule has 0 aromatic carbocycles. The van der Waals surface area contributed by atoms with E-state index < -0.39 is 11.9 Å². The van der Waals surface area contributed by atoms with Crippen molar-refractivity contribution in [1.82, 2.24) is 29.5 Å². The number of pyridine rings is 2. The van der Waals surface area contributed by atoms with E-state index in [1.54, 1.807) is 13.0 Å². The number of halogens is 2. The molecule has 4 aromatic rings. The summed E-state index contributed by atoms with van der Waals surface area (Å²) in [5, 5.41) is 3.40. The van der Waals surface area contributed by atoms with Crippen molar-refractivity contribution in [2.45, 2.75) is 13.0 Å². The summed E-state index contributed by atoms with van der Waals surface area (Å²) in [6, 6.07) is 3.95. The molecule has 9 nitrogen and oxygen atoms in total. The van der Waals surface area contributed by atoms with E-state index in [-0.39, 0.29) is 11.6 Å². The monoisotopic (exact) mass is 415 g/mol. The van der Waals surface area contributed by atoms with Gasteiger partial charge in [0.05, 0.1) is 36.3 Å². The van der Waals surface area contributed by atoms with Crippen LogP contribution in [-0.2, 0) is 0 Å². The Kier molecular flexibility index (Phi) is 4.85. The molecule has 0 radical (unpaired) electrons. The third-order valence-electron chi connectivity index (χ3n) is 4.28. The summed E-state index contributed by atoms with van der Waals surface area (Å²) in [5.74, 6) is 0.0745. The Bertz CT molecular complexity index is 1240. The van der Waals surface area contributed by atoms with Crippen LogP contribution in [0.15, 0.2) is 41.6 Å². The predicted molar refractivity (Wildman–Crippen MR) is 105 cm³/mol. The lowest BCUT2D eigenvalue weighted by Crippen LogP contribution is -2.22. The van der Waals surface area contributed by atoms with Gasteiger partial charge in [0.1, 0.15) is 17.0 Å². The van der Waals surface area contributed by atoms with Gasteiger partial charge in [-0.3, -0.25) is 9.55 Å². The largest absolute Gasteiger partial charge is 0.480 e. The first-order valence-electron chi connectivity index (χ1n) is 8.51. The molecule has 0 saturated carbocycles. The molecule has 0 bridgehead atoms. The third kappa shape index (κ3) is 3.61. The second-order valence-electron chi connectivity index (χ2n) is 6.14. The molecule has 0 aliphatic heterocycles. The smallest absolute Gasteiger partial charge is 0.328 e. The van der Waals surface area contributed by atoms with E-state index in [1.165, 1.54) is 36.2 Å². The van der Waals surface area contributed by atoms with Crippen LogP contribution in [0, 0.1) is 5.82 Å². The van der Waals surface area contributed by atoms with E-state index in [2.05, 4.69) is 30.2 Å². The molecule has 0 saturated heterocycles. The second-order valence-corrected chi connectivity index (χ2v) is 6.58. The van der Waals surface area contributed by atoms with Gasteiger partial charge in [0, 0.05) is 6.20 Å². The van der Waals surface area contributed by atoms with Gasteiger partial charge in [-0.15, -0.1) is 0 Å². The molecule has 2 N–H and O–H groups in total. The van der Waals surface area contributed by atoms with Crippen LogP contribution in [0.2, 0.25) is 5.02 Å². The Balaban J connectivity index is 1.76. The SMILES string of the molecule is COc1ncc(Cl)cc1Nc1ncc2[nH]c(=O)n(C(C)c3ccc(F)cn3)c2n1. The van der Waals surface area contributed by atoms with Gasteiger partial charge in [-0.25, -0.2) is 19.2 Å². The van der Waals surface area contributed by atoms with Crippen molar-refractivity contribution in [3.8, 4) is 5.88 Å². The number of anilines is 2. The number of H-pyrrole nitrogens is 1. The highest BCUT2D eigenvalue weighted by Crippen LogP contribution is 2.27. The Morgan fingerprint density at radius 3 is 2.79 bits per heavy atom. The van der Waals surface area contributed by atoms with Gasteiger partial charge in [0.15, 0.2) is 5.65 Å². The summed E-state index contributed by atoms with van der Waals surface area (Å²) in [5.41, 5.74) is 1.41. The highest BCUT2D eigenvalue weighted by atomic mass is 35.5. The van der Waals surface area contributed by atoms with Crippen LogP contribution < -0.4 is 15.7 Å². The van der Waals surface area contributed by atoms with Crippen molar-refractivity contribution in [3.63, 3.8) is 0 Å². The molecule has 1 atom stereocenters. The maximum atomic E-state index is 13.2. The van der Waals surface area contributed by atoms with Crippen LogP contribution in [-0.4, -0.2) is 36.6 Å². The molecule has 1 unspecified atom stereocenters. The number of aromatic nitrogens is 6. The fourth-order valence-corrected chi connectivity index (χ4v) is 3.06. The Morgan fingerprint density at radius 1 is 1.24 bits per heavy atom. The zero-order chi connectivity index (χ0) is 20.5. The second kappa shape index (κ2) is 7.47. The first-order valence-corrected chi connectivity index (χ1v) is 8.89. The van der Waals surface area contributed by atoms with Gasteiger partial charge in [-0.1, -0.05) is 11.6 Å². The number of imidazole rings is 1. The van der Waals surface area contributed by atoms with E-state index in [0.29, 0.717) is 33.4 Å². The maximum absolute atomic E-state index is 13.2. The van der Waals surface area contributed by atoms with Crippen molar-refractivity contribution in [3.05, 3.63) is 63.8 Å². The minimum atomic E-state index is -0.484. The molecule has 29 heavy (non-hydrogen) atoms. The number of ether oxygens (including phenoxy) is 1. The van der Waals surface area contributed by atoms with Crippen LogP contribution in [0.4, 0.5) is 16.0 Å². The minimum Gasteiger partial charge on any atom is -0.480 e. The molecular weight excluding hydrogens is 401 g/mol. The molecule has 0 fully saturated rings. The van der Waals surface area contributed by atoms with Crippen molar-refractivity contribution in [2.75, 3.05) is 12.4 Å². The van der Waals surface area contributed by atoms with Crippen molar-refractivity contribution in [2.24, 2.45) is 0 Å². The van der Waals surface area contributed by atoms with Crippen molar-refractivity contribution >= 4 is 34.4 Å². The summed E-state index contributed by atoms with van der Waals surface area (Å²) >= 11 is 6.00. The standard InChI is InChI=1S/C18H15ClFN7O2/c1-9(12-4-3-11(20)7-21-12)27-15-14(25-18(27)28)8-23-17(26-15)24-13-5-10(19)6-22-16(13)29-2/h3-9H,1-2H3,(H,25,28)(H,23,24,26). The molecule has 0 spiro atoms. The number of fused-ring (bicyclic) bond motifs is 1. The zero-order valence-corrected chi connectivity index (χ0v) is 16.1. The number of nitrogens with one attached hydrogen (secondary N) is 2. The summed E-state index contributed by atoms with van der Waals surface area (Å²) in [4.78, 5) is 32.0. The van der Waals surface area contributed by atoms with Gasteiger partial charge in [0.25, 0.3) is 0 Å². The molecule has 0 aliphatic rings. The number of nitrogens with zero attached hydrogens (tertiary/aromatic N) is 5. The normalized spacial score (nSPS) is 12.1. The maximum Gasteiger partial charge on any atom is 0.328 e. The third-order valence-corrected chi connectivity index (χ3v) is 4.49. The van der Waals surface area contributed by atoms with Crippen LogP contribution in [0.1, 0.15) is 18.7 Å². The number of methoxy groups -OCH3 is 1. The topological polar surface area (TPSA) is 111 Å². The van der Waals surface area contributed by atoms with E-state index in [1.807, 2.05) is 0 Å². The van der Waals surface area contributed by atoms with Crippen LogP contribution in [0.25, 0.3) is 11.2 Å². The molecule has 0 aliphatic carbocycles. The number of aromatic amines is 1. The molecule has 11 heteroatoms. The minimum absolute atomic E-state index is 0.215. The van der Waals surface area contributed by atoms with Crippen LogP contribution in [0.5, 0.6) is 5.88 Å². The molecular formula is C18H15ClFN7O2.